The first-order valence-corrected chi connectivity index (χ1v) is 6.05. The van der Waals surface area contributed by atoms with Crippen LogP contribution in [0.3, 0.4) is 0 Å². The number of amides is 1. The maximum Gasteiger partial charge on any atom is 0.308 e. The topological polar surface area (TPSA) is 79.7 Å². The van der Waals surface area contributed by atoms with Crippen LogP contribution in [-0.4, -0.2) is 47.1 Å². The van der Waals surface area contributed by atoms with Crippen molar-refractivity contribution in [3.63, 3.8) is 0 Å². The van der Waals surface area contributed by atoms with E-state index in [1.807, 2.05) is 6.92 Å². The summed E-state index contributed by atoms with van der Waals surface area (Å²) in [7, 11) is 1.50. The summed E-state index contributed by atoms with van der Waals surface area (Å²) in [5, 5.41) is 9.06. The molecule has 1 saturated heterocycles. The molecule has 2 unspecified atom stereocenters. The SMILES string of the molecule is COc1ccc(C(=O)N2CC(C)C(C(=O)O)C2)cn1. The number of carbonyl (C=O) groups is 2. The van der Waals surface area contributed by atoms with Crippen molar-refractivity contribution in [2.75, 3.05) is 20.2 Å². The predicted octanol–water partition coefficient (Wildman–Crippen LogP) is 0.883. The van der Waals surface area contributed by atoms with Crippen molar-refractivity contribution in [2.45, 2.75) is 6.92 Å². The Morgan fingerprint density at radius 2 is 2.16 bits per heavy atom. The van der Waals surface area contributed by atoms with E-state index in [1.165, 1.54) is 13.3 Å². The van der Waals surface area contributed by atoms with Crippen molar-refractivity contribution >= 4 is 11.9 Å². The number of ether oxygens (including phenoxy) is 1. The Hall–Kier alpha value is -2.11. The van der Waals surface area contributed by atoms with E-state index in [0.717, 1.165) is 0 Å². The standard InChI is InChI=1S/C13H16N2O4/c1-8-6-15(7-10(8)13(17)18)12(16)9-3-4-11(19-2)14-5-9/h3-5,8,10H,6-7H2,1-2H3,(H,17,18). The molecule has 1 aliphatic heterocycles. The molecule has 2 heterocycles. The lowest BCUT2D eigenvalue weighted by Gasteiger charge is -2.15. The van der Waals surface area contributed by atoms with Gasteiger partial charge in [-0.2, -0.15) is 0 Å². The highest BCUT2D eigenvalue weighted by Crippen LogP contribution is 2.24. The Morgan fingerprint density at radius 3 is 2.63 bits per heavy atom. The number of pyridine rings is 1. The molecule has 1 aromatic rings. The average Bonchev–Trinajstić information content (AvgIpc) is 2.80. The van der Waals surface area contributed by atoms with E-state index in [9.17, 15) is 9.59 Å². The van der Waals surface area contributed by atoms with E-state index in [0.29, 0.717) is 18.0 Å². The molecular formula is C13H16N2O4. The number of nitrogens with zero attached hydrogens (tertiary/aromatic N) is 2. The minimum Gasteiger partial charge on any atom is -0.481 e. The van der Waals surface area contributed by atoms with Crippen molar-refractivity contribution in [2.24, 2.45) is 11.8 Å². The van der Waals surface area contributed by atoms with Crippen molar-refractivity contribution in [3.05, 3.63) is 23.9 Å². The first-order chi connectivity index (χ1) is 9.02. The summed E-state index contributed by atoms with van der Waals surface area (Å²) in [6.45, 7) is 2.56. The summed E-state index contributed by atoms with van der Waals surface area (Å²) in [5.74, 6) is -1.13. The van der Waals surface area contributed by atoms with Gasteiger partial charge in [-0.3, -0.25) is 9.59 Å². The molecule has 102 valence electrons. The van der Waals surface area contributed by atoms with Crippen LogP contribution in [-0.2, 0) is 4.79 Å². The highest BCUT2D eigenvalue weighted by atomic mass is 16.5. The first-order valence-electron chi connectivity index (χ1n) is 6.05. The fourth-order valence-corrected chi connectivity index (χ4v) is 2.26. The van der Waals surface area contributed by atoms with Crippen LogP contribution in [0.4, 0.5) is 0 Å². The van der Waals surface area contributed by atoms with E-state index >= 15 is 0 Å². The summed E-state index contributed by atoms with van der Waals surface area (Å²) in [4.78, 5) is 28.8. The molecule has 2 atom stereocenters. The van der Waals surface area contributed by atoms with Crippen LogP contribution in [0.5, 0.6) is 5.88 Å². The second kappa shape index (κ2) is 5.26. The van der Waals surface area contributed by atoms with Gasteiger partial charge in [-0.1, -0.05) is 6.92 Å². The lowest BCUT2D eigenvalue weighted by molar-refractivity contribution is -0.142. The highest BCUT2D eigenvalue weighted by molar-refractivity contribution is 5.94. The Labute approximate surface area is 111 Å². The Bertz CT molecular complexity index is 486. The monoisotopic (exact) mass is 264 g/mol. The number of rotatable bonds is 3. The van der Waals surface area contributed by atoms with E-state index in [1.54, 1.807) is 17.0 Å². The number of methoxy groups -OCH3 is 1. The van der Waals surface area contributed by atoms with Crippen molar-refractivity contribution in [1.29, 1.82) is 0 Å². The Balaban J connectivity index is 2.10. The van der Waals surface area contributed by atoms with Crippen LogP contribution in [0.25, 0.3) is 0 Å². The fourth-order valence-electron chi connectivity index (χ4n) is 2.26. The molecule has 2 rings (SSSR count). The number of carboxylic acid groups (broad SMARTS) is 1. The molecule has 1 aliphatic rings. The maximum atomic E-state index is 12.2. The summed E-state index contributed by atoms with van der Waals surface area (Å²) in [5.41, 5.74) is 0.444. The van der Waals surface area contributed by atoms with Gasteiger partial charge in [0.25, 0.3) is 5.91 Å². The van der Waals surface area contributed by atoms with Gasteiger partial charge in [0.1, 0.15) is 0 Å². The van der Waals surface area contributed by atoms with Gasteiger partial charge in [0.2, 0.25) is 5.88 Å². The zero-order valence-electron chi connectivity index (χ0n) is 10.9. The van der Waals surface area contributed by atoms with E-state index in [2.05, 4.69) is 4.98 Å². The molecule has 1 amide bonds. The fraction of sp³-hybridized carbons (Fsp3) is 0.462. The highest BCUT2D eigenvalue weighted by Gasteiger charge is 2.37. The van der Waals surface area contributed by atoms with Gasteiger partial charge in [0.15, 0.2) is 0 Å². The average molecular weight is 264 g/mol. The molecule has 0 saturated carbocycles. The lowest BCUT2D eigenvalue weighted by Crippen LogP contribution is -2.30. The molecule has 0 spiro atoms. The number of hydrogen-bond acceptors (Lipinski definition) is 4. The number of aliphatic carboxylic acids is 1. The van der Waals surface area contributed by atoms with Gasteiger partial charge in [0, 0.05) is 25.4 Å². The van der Waals surface area contributed by atoms with Crippen LogP contribution in [0.1, 0.15) is 17.3 Å². The Kier molecular flexibility index (Phi) is 3.69. The van der Waals surface area contributed by atoms with Crippen LogP contribution in [0.2, 0.25) is 0 Å². The largest absolute Gasteiger partial charge is 0.481 e. The van der Waals surface area contributed by atoms with Crippen LogP contribution in [0.15, 0.2) is 18.3 Å². The van der Waals surface area contributed by atoms with Crippen LogP contribution < -0.4 is 4.74 Å². The second-order valence-electron chi connectivity index (χ2n) is 4.72. The van der Waals surface area contributed by atoms with E-state index in [4.69, 9.17) is 9.84 Å². The number of aromatic nitrogens is 1. The van der Waals surface area contributed by atoms with Gasteiger partial charge in [0.05, 0.1) is 18.6 Å². The molecular weight excluding hydrogens is 248 g/mol. The smallest absolute Gasteiger partial charge is 0.308 e. The number of carboxylic acids is 1. The third-order valence-corrected chi connectivity index (χ3v) is 3.41. The molecule has 6 heteroatoms. The summed E-state index contributed by atoms with van der Waals surface area (Å²) >= 11 is 0. The molecule has 0 bridgehead atoms. The van der Waals surface area contributed by atoms with Gasteiger partial charge in [-0.05, 0) is 12.0 Å². The van der Waals surface area contributed by atoms with Crippen molar-refractivity contribution in [3.8, 4) is 5.88 Å². The number of hydrogen-bond donors (Lipinski definition) is 1. The van der Waals surface area contributed by atoms with Gasteiger partial charge in [-0.15, -0.1) is 0 Å². The molecule has 6 nitrogen and oxygen atoms in total. The molecule has 19 heavy (non-hydrogen) atoms. The number of carbonyl (C=O) groups excluding carboxylic acids is 1. The van der Waals surface area contributed by atoms with Gasteiger partial charge >= 0.3 is 5.97 Å². The number of likely N-dealkylation sites (tertiary alicyclic amines) is 1. The van der Waals surface area contributed by atoms with E-state index < -0.39 is 11.9 Å². The quantitative estimate of drug-likeness (QED) is 0.876. The molecule has 1 N–H and O–H groups in total. The second-order valence-corrected chi connectivity index (χ2v) is 4.72. The summed E-state index contributed by atoms with van der Waals surface area (Å²) < 4.78 is 4.93. The van der Waals surface area contributed by atoms with Crippen molar-refractivity contribution < 1.29 is 19.4 Å². The zero-order chi connectivity index (χ0) is 14.0. The van der Waals surface area contributed by atoms with Gasteiger partial charge in [-0.25, -0.2) is 4.98 Å². The predicted molar refractivity (Wildman–Crippen MR) is 67.0 cm³/mol. The molecule has 1 fully saturated rings. The van der Waals surface area contributed by atoms with E-state index in [-0.39, 0.29) is 18.4 Å². The molecule has 0 aliphatic carbocycles. The summed E-state index contributed by atoms with van der Waals surface area (Å²) in [6.07, 6.45) is 1.44. The van der Waals surface area contributed by atoms with Crippen molar-refractivity contribution in [1.82, 2.24) is 9.88 Å². The first kappa shape index (κ1) is 13.3. The molecule has 0 aromatic carbocycles. The molecule has 0 radical (unpaired) electrons. The Morgan fingerprint density at radius 1 is 1.42 bits per heavy atom. The minimum atomic E-state index is -0.851. The zero-order valence-corrected chi connectivity index (χ0v) is 10.9. The van der Waals surface area contributed by atoms with Crippen LogP contribution in [0, 0.1) is 11.8 Å². The van der Waals surface area contributed by atoms with Gasteiger partial charge < -0.3 is 14.7 Å². The lowest BCUT2D eigenvalue weighted by atomic mass is 9.99. The normalized spacial score (nSPS) is 22.3. The molecule has 1 aromatic heterocycles. The minimum absolute atomic E-state index is 0.0346. The van der Waals surface area contributed by atoms with Crippen LogP contribution >= 0.6 is 0 Å². The maximum absolute atomic E-state index is 12.2. The third kappa shape index (κ3) is 2.67. The summed E-state index contributed by atoms with van der Waals surface area (Å²) in [6, 6.07) is 3.24. The third-order valence-electron chi connectivity index (χ3n) is 3.41.